The first-order valence-corrected chi connectivity index (χ1v) is 5.91. The van der Waals surface area contributed by atoms with E-state index in [-0.39, 0.29) is 6.04 Å². The fourth-order valence-corrected chi connectivity index (χ4v) is 1.79. The van der Waals surface area contributed by atoms with E-state index in [1.54, 1.807) is 0 Å². The molecule has 1 rings (SSSR count). The van der Waals surface area contributed by atoms with Crippen molar-refractivity contribution in [2.24, 2.45) is 11.8 Å². The first kappa shape index (κ1) is 13.0. The monoisotopic (exact) mass is 222 g/mol. The lowest BCUT2D eigenvalue weighted by Gasteiger charge is -2.22. The van der Waals surface area contributed by atoms with Gasteiger partial charge in [0.25, 0.3) is 0 Å². The predicted molar refractivity (Wildman–Crippen MR) is 67.1 cm³/mol. The highest BCUT2D eigenvalue weighted by molar-refractivity contribution is 5.30. The molecule has 3 N–H and O–H groups in total. The lowest BCUT2D eigenvalue weighted by Crippen LogP contribution is -2.32. The Morgan fingerprint density at radius 1 is 1.38 bits per heavy atom. The Morgan fingerprint density at radius 3 is 2.69 bits per heavy atom. The van der Waals surface area contributed by atoms with Gasteiger partial charge in [0.15, 0.2) is 0 Å². The Morgan fingerprint density at radius 2 is 2.12 bits per heavy atom. The fraction of sp³-hybridized carbons (Fsp3) is 0.538. The standard InChI is InChI=1S/C13H22N2O/c1-4-10(3)13(15-14)11-7-6-8-12(9-11)16-5-2/h6-10,13,15H,4-5,14H2,1-3H3. The van der Waals surface area contributed by atoms with Crippen LogP contribution in [0.25, 0.3) is 0 Å². The van der Waals surface area contributed by atoms with Crippen molar-refractivity contribution in [3.63, 3.8) is 0 Å². The average Bonchev–Trinajstić information content (AvgIpc) is 2.31. The molecule has 0 bridgehead atoms. The van der Waals surface area contributed by atoms with Crippen LogP contribution in [0.1, 0.15) is 38.8 Å². The van der Waals surface area contributed by atoms with E-state index in [0.717, 1.165) is 12.2 Å². The maximum atomic E-state index is 5.61. The number of nitrogens with one attached hydrogen (secondary N) is 1. The van der Waals surface area contributed by atoms with Crippen molar-refractivity contribution in [1.82, 2.24) is 5.43 Å². The second-order valence-corrected chi connectivity index (χ2v) is 4.04. The van der Waals surface area contributed by atoms with Crippen LogP contribution in [0.2, 0.25) is 0 Å². The predicted octanol–water partition coefficient (Wildman–Crippen LogP) is 2.64. The zero-order valence-electron chi connectivity index (χ0n) is 10.4. The SMILES string of the molecule is CCOc1cccc(C(NN)C(C)CC)c1. The number of hydrogen-bond acceptors (Lipinski definition) is 3. The normalized spacial score (nSPS) is 14.5. The molecule has 0 aliphatic carbocycles. The van der Waals surface area contributed by atoms with Crippen LogP contribution < -0.4 is 16.0 Å². The quantitative estimate of drug-likeness (QED) is 0.574. The molecule has 1 aromatic rings. The molecule has 2 atom stereocenters. The molecule has 90 valence electrons. The third-order valence-corrected chi connectivity index (χ3v) is 2.92. The van der Waals surface area contributed by atoms with Gasteiger partial charge in [-0.1, -0.05) is 32.4 Å². The van der Waals surface area contributed by atoms with Crippen molar-refractivity contribution in [3.05, 3.63) is 29.8 Å². The van der Waals surface area contributed by atoms with Gasteiger partial charge in [-0.15, -0.1) is 0 Å². The van der Waals surface area contributed by atoms with E-state index in [2.05, 4.69) is 31.4 Å². The molecule has 0 fully saturated rings. The van der Waals surface area contributed by atoms with Crippen LogP contribution in [0, 0.1) is 5.92 Å². The summed E-state index contributed by atoms with van der Waals surface area (Å²) in [6.45, 7) is 7.03. The van der Waals surface area contributed by atoms with Gasteiger partial charge in [0.2, 0.25) is 0 Å². The van der Waals surface area contributed by atoms with E-state index in [9.17, 15) is 0 Å². The van der Waals surface area contributed by atoms with Gasteiger partial charge in [0.1, 0.15) is 5.75 Å². The zero-order valence-corrected chi connectivity index (χ0v) is 10.4. The van der Waals surface area contributed by atoms with Crippen LogP contribution in [0.5, 0.6) is 5.75 Å². The van der Waals surface area contributed by atoms with Crippen molar-refractivity contribution < 1.29 is 4.74 Å². The van der Waals surface area contributed by atoms with Gasteiger partial charge in [-0.25, -0.2) is 0 Å². The van der Waals surface area contributed by atoms with Gasteiger partial charge in [0, 0.05) is 6.04 Å². The van der Waals surface area contributed by atoms with E-state index in [0.29, 0.717) is 12.5 Å². The lowest BCUT2D eigenvalue weighted by molar-refractivity contribution is 0.337. The number of rotatable bonds is 6. The summed E-state index contributed by atoms with van der Waals surface area (Å²) in [6.07, 6.45) is 1.09. The highest BCUT2D eigenvalue weighted by atomic mass is 16.5. The first-order valence-electron chi connectivity index (χ1n) is 5.91. The van der Waals surface area contributed by atoms with Crippen molar-refractivity contribution in [2.75, 3.05) is 6.61 Å². The van der Waals surface area contributed by atoms with Gasteiger partial charge in [0.05, 0.1) is 6.61 Å². The van der Waals surface area contributed by atoms with Crippen LogP contribution in [0.3, 0.4) is 0 Å². The number of nitrogens with two attached hydrogens (primary N) is 1. The van der Waals surface area contributed by atoms with Crippen LogP contribution in [-0.4, -0.2) is 6.61 Å². The highest BCUT2D eigenvalue weighted by Gasteiger charge is 2.16. The van der Waals surface area contributed by atoms with Crippen LogP contribution in [0.15, 0.2) is 24.3 Å². The molecule has 16 heavy (non-hydrogen) atoms. The summed E-state index contributed by atoms with van der Waals surface area (Å²) in [7, 11) is 0. The fourth-order valence-electron chi connectivity index (χ4n) is 1.79. The summed E-state index contributed by atoms with van der Waals surface area (Å²) in [5, 5.41) is 0. The molecular formula is C13H22N2O. The first-order chi connectivity index (χ1) is 7.72. The Labute approximate surface area is 98.0 Å². The minimum atomic E-state index is 0.186. The van der Waals surface area contributed by atoms with Crippen LogP contribution in [-0.2, 0) is 0 Å². The third kappa shape index (κ3) is 3.22. The average molecular weight is 222 g/mol. The minimum absolute atomic E-state index is 0.186. The van der Waals surface area contributed by atoms with Gasteiger partial charge in [-0.2, -0.15) is 0 Å². The van der Waals surface area contributed by atoms with E-state index in [1.807, 2.05) is 19.1 Å². The van der Waals surface area contributed by atoms with Gasteiger partial charge >= 0.3 is 0 Å². The largest absolute Gasteiger partial charge is 0.494 e. The second kappa shape index (κ2) is 6.51. The summed E-state index contributed by atoms with van der Waals surface area (Å²) in [5.74, 6) is 7.02. The van der Waals surface area contributed by atoms with E-state index in [1.165, 1.54) is 5.56 Å². The molecule has 0 saturated carbocycles. The topological polar surface area (TPSA) is 47.3 Å². The van der Waals surface area contributed by atoms with E-state index >= 15 is 0 Å². The van der Waals surface area contributed by atoms with Crippen molar-refractivity contribution in [1.29, 1.82) is 0 Å². The molecule has 0 amide bonds. The summed E-state index contributed by atoms with van der Waals surface area (Å²) in [6, 6.07) is 8.30. The molecular weight excluding hydrogens is 200 g/mol. The van der Waals surface area contributed by atoms with E-state index in [4.69, 9.17) is 10.6 Å². The van der Waals surface area contributed by atoms with Gasteiger partial charge in [-0.05, 0) is 30.5 Å². The molecule has 0 saturated heterocycles. The summed E-state index contributed by atoms with van der Waals surface area (Å²) >= 11 is 0. The zero-order chi connectivity index (χ0) is 12.0. The lowest BCUT2D eigenvalue weighted by atomic mass is 9.93. The van der Waals surface area contributed by atoms with Crippen molar-refractivity contribution >= 4 is 0 Å². The van der Waals surface area contributed by atoms with Gasteiger partial charge < -0.3 is 4.74 Å². The number of ether oxygens (including phenoxy) is 1. The van der Waals surface area contributed by atoms with Gasteiger partial charge in [-0.3, -0.25) is 11.3 Å². The molecule has 0 heterocycles. The maximum absolute atomic E-state index is 5.61. The minimum Gasteiger partial charge on any atom is -0.494 e. The molecule has 1 aromatic carbocycles. The Balaban J connectivity index is 2.87. The molecule has 0 aliphatic rings. The Kier molecular flexibility index (Phi) is 5.29. The molecule has 0 radical (unpaired) electrons. The molecule has 0 spiro atoms. The summed E-state index contributed by atoms with van der Waals surface area (Å²) < 4.78 is 5.49. The van der Waals surface area contributed by atoms with Crippen LogP contribution in [0.4, 0.5) is 0 Å². The molecule has 3 nitrogen and oxygen atoms in total. The highest BCUT2D eigenvalue weighted by Crippen LogP contribution is 2.26. The summed E-state index contributed by atoms with van der Waals surface area (Å²) in [4.78, 5) is 0. The molecule has 3 heteroatoms. The summed E-state index contributed by atoms with van der Waals surface area (Å²) in [5.41, 5.74) is 4.07. The van der Waals surface area contributed by atoms with E-state index < -0.39 is 0 Å². The molecule has 2 unspecified atom stereocenters. The molecule has 0 aliphatic heterocycles. The van der Waals surface area contributed by atoms with Crippen LogP contribution >= 0.6 is 0 Å². The smallest absolute Gasteiger partial charge is 0.119 e. The Hall–Kier alpha value is -1.06. The number of hydrogen-bond donors (Lipinski definition) is 2. The van der Waals surface area contributed by atoms with Crippen molar-refractivity contribution in [2.45, 2.75) is 33.2 Å². The maximum Gasteiger partial charge on any atom is 0.119 e. The number of hydrazine groups is 1. The number of benzene rings is 1. The second-order valence-electron chi connectivity index (χ2n) is 4.04. The molecule has 0 aromatic heterocycles. The third-order valence-electron chi connectivity index (χ3n) is 2.92. The Bertz CT molecular complexity index is 315. The van der Waals surface area contributed by atoms with Crippen molar-refractivity contribution in [3.8, 4) is 5.75 Å².